The van der Waals surface area contributed by atoms with Crippen LogP contribution in [0.15, 0.2) is 42.5 Å². The number of carbonyl (C=O) groups is 2. The first-order valence-electron chi connectivity index (χ1n) is 6.17. The van der Waals surface area contributed by atoms with Crippen LogP contribution in [0.5, 0.6) is 5.75 Å². The molecule has 2 rings (SSSR count). The molecule has 0 unspecified atom stereocenters. The predicted molar refractivity (Wildman–Crippen MR) is 76.7 cm³/mol. The lowest BCUT2D eigenvalue weighted by Crippen LogP contribution is -2.01. The first-order chi connectivity index (χ1) is 10.1. The van der Waals surface area contributed by atoms with E-state index in [-0.39, 0.29) is 5.56 Å². The summed E-state index contributed by atoms with van der Waals surface area (Å²) in [5, 5.41) is 9.00. The molecule has 0 saturated heterocycles. The molecule has 0 saturated carbocycles. The van der Waals surface area contributed by atoms with Gasteiger partial charge >= 0.3 is 11.9 Å². The molecule has 108 valence electrons. The van der Waals surface area contributed by atoms with Gasteiger partial charge in [-0.25, -0.2) is 9.59 Å². The molecule has 0 aliphatic heterocycles. The first-order valence-corrected chi connectivity index (χ1v) is 6.17. The maximum absolute atomic E-state index is 11.6. The van der Waals surface area contributed by atoms with Gasteiger partial charge in [-0.2, -0.15) is 0 Å². The summed E-state index contributed by atoms with van der Waals surface area (Å²) in [5.74, 6) is -1.03. The van der Waals surface area contributed by atoms with Gasteiger partial charge in [0.05, 0.1) is 25.3 Å². The van der Waals surface area contributed by atoms with E-state index in [1.807, 2.05) is 6.07 Å². The van der Waals surface area contributed by atoms with Crippen molar-refractivity contribution >= 4 is 11.9 Å². The predicted octanol–water partition coefficient (Wildman–Crippen LogP) is 2.85. The Labute approximate surface area is 121 Å². The van der Waals surface area contributed by atoms with E-state index in [0.717, 1.165) is 5.56 Å². The summed E-state index contributed by atoms with van der Waals surface area (Å²) in [6.45, 7) is 0. The molecule has 1 N–H and O–H groups in total. The standard InChI is InChI=1S/C16H14O5/c1-20-14-9-11(15(17)18)6-7-13(14)10-4-3-5-12(8-10)16(19)21-2/h3-9H,1-2H3,(H,17,18). The molecular formula is C16H14O5. The van der Waals surface area contributed by atoms with Crippen LogP contribution in [-0.2, 0) is 4.74 Å². The minimum Gasteiger partial charge on any atom is -0.496 e. The normalized spacial score (nSPS) is 10.0. The lowest BCUT2D eigenvalue weighted by molar-refractivity contribution is 0.0600. The molecule has 0 aromatic heterocycles. The van der Waals surface area contributed by atoms with Gasteiger partial charge in [-0.15, -0.1) is 0 Å². The molecule has 0 aliphatic carbocycles. The van der Waals surface area contributed by atoms with Crippen molar-refractivity contribution in [2.75, 3.05) is 14.2 Å². The van der Waals surface area contributed by atoms with E-state index >= 15 is 0 Å². The van der Waals surface area contributed by atoms with Crippen molar-refractivity contribution in [3.63, 3.8) is 0 Å². The molecule has 5 nitrogen and oxygen atoms in total. The summed E-state index contributed by atoms with van der Waals surface area (Å²) in [6.07, 6.45) is 0. The number of rotatable bonds is 4. The van der Waals surface area contributed by atoms with Gasteiger partial charge in [-0.3, -0.25) is 0 Å². The van der Waals surface area contributed by atoms with Crippen LogP contribution >= 0.6 is 0 Å². The molecule has 0 radical (unpaired) electrons. The molecule has 0 amide bonds. The van der Waals surface area contributed by atoms with Crippen molar-refractivity contribution in [2.24, 2.45) is 0 Å². The number of carboxylic acid groups (broad SMARTS) is 1. The van der Waals surface area contributed by atoms with Gasteiger partial charge in [-0.05, 0) is 35.9 Å². The van der Waals surface area contributed by atoms with E-state index in [1.54, 1.807) is 24.3 Å². The smallest absolute Gasteiger partial charge is 0.337 e. The fourth-order valence-corrected chi connectivity index (χ4v) is 1.99. The third-order valence-electron chi connectivity index (χ3n) is 3.04. The van der Waals surface area contributed by atoms with E-state index in [9.17, 15) is 9.59 Å². The van der Waals surface area contributed by atoms with E-state index in [4.69, 9.17) is 9.84 Å². The molecule has 0 atom stereocenters. The molecule has 21 heavy (non-hydrogen) atoms. The van der Waals surface area contributed by atoms with Crippen molar-refractivity contribution in [1.29, 1.82) is 0 Å². The summed E-state index contributed by atoms with van der Waals surface area (Å²) in [6, 6.07) is 11.4. The van der Waals surface area contributed by atoms with Crippen LogP contribution in [0.3, 0.4) is 0 Å². The highest BCUT2D eigenvalue weighted by Crippen LogP contribution is 2.31. The van der Waals surface area contributed by atoms with Gasteiger partial charge in [0, 0.05) is 5.56 Å². The van der Waals surface area contributed by atoms with Crippen molar-refractivity contribution in [2.45, 2.75) is 0 Å². The average molecular weight is 286 g/mol. The van der Waals surface area contributed by atoms with Crippen LogP contribution in [0.25, 0.3) is 11.1 Å². The molecule has 0 bridgehead atoms. The van der Waals surface area contributed by atoms with E-state index < -0.39 is 11.9 Å². The molecule has 2 aromatic carbocycles. The van der Waals surface area contributed by atoms with E-state index in [0.29, 0.717) is 16.9 Å². The van der Waals surface area contributed by atoms with Gasteiger partial charge in [0.25, 0.3) is 0 Å². The van der Waals surface area contributed by atoms with Crippen LogP contribution in [0, 0.1) is 0 Å². The third-order valence-corrected chi connectivity index (χ3v) is 3.04. The van der Waals surface area contributed by atoms with E-state index in [1.165, 1.54) is 26.4 Å². The zero-order valence-electron chi connectivity index (χ0n) is 11.6. The number of aromatic carboxylic acids is 1. The average Bonchev–Trinajstić information content (AvgIpc) is 2.53. The second kappa shape index (κ2) is 6.09. The second-order valence-electron chi connectivity index (χ2n) is 4.29. The molecule has 0 spiro atoms. The van der Waals surface area contributed by atoms with E-state index in [2.05, 4.69) is 4.74 Å². The Kier molecular flexibility index (Phi) is 4.23. The van der Waals surface area contributed by atoms with Crippen LogP contribution < -0.4 is 4.74 Å². The lowest BCUT2D eigenvalue weighted by atomic mass is 10.0. The van der Waals surface area contributed by atoms with Gasteiger partial charge < -0.3 is 14.6 Å². The molecule has 0 aliphatic rings. The Balaban J connectivity index is 2.51. The third kappa shape index (κ3) is 3.02. The summed E-state index contributed by atoms with van der Waals surface area (Å²) >= 11 is 0. The summed E-state index contributed by atoms with van der Waals surface area (Å²) < 4.78 is 9.92. The second-order valence-corrected chi connectivity index (χ2v) is 4.29. The largest absolute Gasteiger partial charge is 0.496 e. The van der Waals surface area contributed by atoms with Crippen molar-refractivity contribution in [3.8, 4) is 16.9 Å². The lowest BCUT2D eigenvalue weighted by Gasteiger charge is -2.10. The summed E-state index contributed by atoms with van der Waals surface area (Å²) in [5.41, 5.74) is 2.00. The zero-order chi connectivity index (χ0) is 15.4. The monoisotopic (exact) mass is 286 g/mol. The Morgan fingerprint density at radius 2 is 1.76 bits per heavy atom. The maximum atomic E-state index is 11.6. The van der Waals surface area contributed by atoms with Crippen LogP contribution in [0.1, 0.15) is 20.7 Å². The topological polar surface area (TPSA) is 72.8 Å². The SMILES string of the molecule is COC(=O)c1cccc(-c2ccc(C(=O)O)cc2OC)c1. The van der Waals surface area contributed by atoms with Crippen molar-refractivity contribution < 1.29 is 24.2 Å². The zero-order valence-corrected chi connectivity index (χ0v) is 11.6. The fourth-order valence-electron chi connectivity index (χ4n) is 1.99. The Morgan fingerprint density at radius 1 is 1.00 bits per heavy atom. The van der Waals surface area contributed by atoms with Crippen LogP contribution in [0.4, 0.5) is 0 Å². The number of hydrogen-bond acceptors (Lipinski definition) is 4. The molecular weight excluding hydrogens is 272 g/mol. The van der Waals surface area contributed by atoms with Gasteiger partial charge in [0.1, 0.15) is 5.75 Å². The maximum Gasteiger partial charge on any atom is 0.337 e. The number of carboxylic acids is 1. The Hall–Kier alpha value is -2.82. The summed E-state index contributed by atoms with van der Waals surface area (Å²) in [4.78, 5) is 22.5. The highest BCUT2D eigenvalue weighted by Gasteiger charge is 2.12. The number of ether oxygens (including phenoxy) is 2. The number of hydrogen-bond donors (Lipinski definition) is 1. The highest BCUT2D eigenvalue weighted by molar-refractivity contribution is 5.92. The molecule has 0 fully saturated rings. The summed E-state index contributed by atoms with van der Waals surface area (Å²) in [7, 11) is 2.78. The Morgan fingerprint density at radius 3 is 2.38 bits per heavy atom. The van der Waals surface area contributed by atoms with Crippen molar-refractivity contribution in [3.05, 3.63) is 53.6 Å². The molecule has 2 aromatic rings. The fraction of sp³-hybridized carbons (Fsp3) is 0.125. The number of methoxy groups -OCH3 is 2. The molecule has 5 heteroatoms. The number of esters is 1. The molecule has 0 heterocycles. The van der Waals surface area contributed by atoms with Gasteiger partial charge in [-0.1, -0.05) is 12.1 Å². The number of carbonyl (C=O) groups excluding carboxylic acids is 1. The Bertz CT molecular complexity index is 691. The number of benzene rings is 2. The van der Waals surface area contributed by atoms with Crippen LogP contribution in [0.2, 0.25) is 0 Å². The van der Waals surface area contributed by atoms with Gasteiger partial charge in [0.15, 0.2) is 0 Å². The van der Waals surface area contributed by atoms with Crippen molar-refractivity contribution in [1.82, 2.24) is 0 Å². The minimum absolute atomic E-state index is 0.139. The first kappa shape index (κ1) is 14.6. The quantitative estimate of drug-likeness (QED) is 0.875. The van der Waals surface area contributed by atoms with Crippen LogP contribution in [-0.4, -0.2) is 31.3 Å². The minimum atomic E-state index is -1.02. The highest BCUT2D eigenvalue weighted by atomic mass is 16.5. The van der Waals surface area contributed by atoms with Gasteiger partial charge in [0.2, 0.25) is 0 Å².